The molecule has 0 aromatic heterocycles. The minimum Gasteiger partial charge on any atom is -0.497 e. The third-order valence-electron chi connectivity index (χ3n) is 12.4. The Kier molecular flexibility index (Phi) is 11.9. The van der Waals surface area contributed by atoms with Crippen LogP contribution in [0.5, 0.6) is 11.5 Å². The van der Waals surface area contributed by atoms with Crippen molar-refractivity contribution in [1.82, 2.24) is 4.67 Å². The van der Waals surface area contributed by atoms with Gasteiger partial charge in [0, 0.05) is 12.1 Å². The van der Waals surface area contributed by atoms with Crippen molar-refractivity contribution in [2.75, 3.05) is 34.0 Å². The Morgan fingerprint density at radius 1 is 0.726 bits per heavy atom. The largest absolute Gasteiger partial charge is 0.497 e. The lowest BCUT2D eigenvalue weighted by Crippen LogP contribution is -2.49. The highest BCUT2D eigenvalue weighted by Crippen LogP contribution is 2.58. The summed E-state index contributed by atoms with van der Waals surface area (Å²) in [7, 11) is 1.67. The monoisotopic (exact) mass is 848 g/mol. The van der Waals surface area contributed by atoms with E-state index in [0.717, 1.165) is 39.1 Å². The fraction of sp³-hybridized carbons (Fsp3) is 0.327. The number of fused-ring (bicyclic) bond motifs is 2. The van der Waals surface area contributed by atoms with Crippen LogP contribution in [0.25, 0.3) is 32.3 Å². The number of nitrogens with zero attached hydrogens (tertiary/aromatic N) is 2. The van der Waals surface area contributed by atoms with E-state index >= 15 is 0 Å². The number of methoxy groups -OCH3 is 2. The fourth-order valence-electron chi connectivity index (χ4n) is 9.63. The van der Waals surface area contributed by atoms with Crippen molar-refractivity contribution < 1.29 is 32.7 Å². The van der Waals surface area contributed by atoms with Gasteiger partial charge in [-0.1, -0.05) is 109 Å². The zero-order chi connectivity index (χ0) is 43.0. The molecular weight excluding hydrogens is 796 g/mol. The molecule has 2 heterocycles. The summed E-state index contributed by atoms with van der Waals surface area (Å²) in [5, 5.41) is 16.7. The molecule has 2 saturated heterocycles. The molecule has 10 heteroatoms. The minimum atomic E-state index is -1.67. The number of rotatable bonds is 17. The second-order valence-electron chi connectivity index (χ2n) is 16.8. The van der Waals surface area contributed by atoms with Gasteiger partial charge in [0.15, 0.2) is 0 Å². The SMILES string of the molecule is COc1ccc(C(OC[C@@]23CO[C@H]([C@H](c4ccc5ccc6cccc7ccc4c5c67)O2)[C@@H]3OP(OCCC#N)N(C(C)C)C(C)C)(c2ccccc2)c2ccc(OC)cc2)cc1. The predicted octanol–water partition coefficient (Wildman–Crippen LogP) is 11.5. The van der Waals surface area contributed by atoms with E-state index in [9.17, 15) is 5.26 Å². The van der Waals surface area contributed by atoms with E-state index in [1.807, 2.05) is 42.5 Å². The molecule has 62 heavy (non-hydrogen) atoms. The molecule has 1 unspecified atom stereocenters. The highest BCUT2D eigenvalue weighted by Gasteiger charge is 2.65. The normalized spacial score (nSPS) is 20.5. The van der Waals surface area contributed by atoms with Gasteiger partial charge in [0.1, 0.15) is 41.0 Å². The van der Waals surface area contributed by atoms with E-state index in [-0.39, 0.29) is 38.3 Å². The Morgan fingerprint density at radius 3 is 1.90 bits per heavy atom. The maximum atomic E-state index is 9.54. The maximum absolute atomic E-state index is 9.54. The van der Waals surface area contributed by atoms with Crippen LogP contribution in [-0.4, -0.2) is 68.6 Å². The Balaban J connectivity index is 1.19. The minimum absolute atomic E-state index is 0.0977. The van der Waals surface area contributed by atoms with Gasteiger partial charge in [-0.15, -0.1) is 0 Å². The van der Waals surface area contributed by atoms with Gasteiger partial charge >= 0.3 is 0 Å². The Hall–Kier alpha value is -5.14. The lowest BCUT2D eigenvalue weighted by Gasteiger charge is -2.41. The molecule has 5 atom stereocenters. The molecule has 2 aliphatic heterocycles. The lowest BCUT2D eigenvalue weighted by atomic mass is 9.79. The quantitative estimate of drug-likeness (QED) is 0.0384. The summed E-state index contributed by atoms with van der Waals surface area (Å²) in [5.74, 6) is 1.48. The van der Waals surface area contributed by atoms with E-state index < -0.39 is 38.0 Å². The van der Waals surface area contributed by atoms with Gasteiger partial charge in [-0.2, -0.15) is 5.26 Å². The van der Waals surface area contributed by atoms with Crippen molar-refractivity contribution in [1.29, 1.82) is 5.26 Å². The zero-order valence-corrected chi connectivity index (χ0v) is 37.0. The molecule has 318 valence electrons. The van der Waals surface area contributed by atoms with E-state index in [0.29, 0.717) is 0 Å². The van der Waals surface area contributed by atoms with Crippen molar-refractivity contribution in [3.8, 4) is 17.6 Å². The molecule has 0 radical (unpaired) electrons. The van der Waals surface area contributed by atoms with Gasteiger partial charge in [-0.3, -0.25) is 0 Å². The third-order valence-corrected chi connectivity index (χ3v) is 14.6. The van der Waals surface area contributed by atoms with Crippen molar-refractivity contribution in [3.05, 3.63) is 156 Å². The van der Waals surface area contributed by atoms with Crippen molar-refractivity contribution in [2.24, 2.45) is 0 Å². The van der Waals surface area contributed by atoms with Gasteiger partial charge in [-0.05, 0) is 107 Å². The highest BCUT2D eigenvalue weighted by molar-refractivity contribution is 7.44. The summed E-state index contributed by atoms with van der Waals surface area (Å²) in [6.45, 7) is 9.17. The second kappa shape index (κ2) is 17.6. The average molecular weight is 849 g/mol. The Bertz CT molecular complexity index is 2600. The molecule has 2 aliphatic rings. The Labute approximate surface area is 365 Å². The van der Waals surface area contributed by atoms with Crippen LogP contribution in [0.1, 0.15) is 62.5 Å². The van der Waals surface area contributed by atoms with Gasteiger partial charge in [0.25, 0.3) is 8.53 Å². The molecule has 0 N–H and O–H groups in total. The van der Waals surface area contributed by atoms with Gasteiger partial charge in [-0.25, -0.2) is 4.67 Å². The second-order valence-corrected chi connectivity index (χ2v) is 18.2. The molecule has 2 bridgehead atoms. The van der Waals surface area contributed by atoms with E-state index in [1.54, 1.807) is 14.2 Å². The number of ether oxygens (including phenoxy) is 5. The van der Waals surface area contributed by atoms with Gasteiger partial charge in [0.05, 0.1) is 46.5 Å². The molecular formula is C52H53N2O7P. The molecule has 0 spiro atoms. The first-order valence-electron chi connectivity index (χ1n) is 21.4. The molecule has 0 saturated carbocycles. The highest BCUT2D eigenvalue weighted by atomic mass is 31.2. The summed E-state index contributed by atoms with van der Waals surface area (Å²) < 4.78 is 49.4. The van der Waals surface area contributed by atoms with Crippen LogP contribution in [0, 0.1) is 11.3 Å². The zero-order valence-electron chi connectivity index (χ0n) is 36.1. The Morgan fingerprint density at radius 2 is 1.31 bits per heavy atom. The van der Waals surface area contributed by atoms with E-state index in [1.165, 1.54) is 26.9 Å². The molecule has 0 amide bonds. The van der Waals surface area contributed by atoms with Crippen molar-refractivity contribution >= 4 is 40.8 Å². The standard InChI is InChI=1S/C52H53N2O7P/c1-34(2)54(35(3)4)62(59-31-11-30-53)61-50-49-48(45-29-19-38-17-16-36-12-10-13-37-18-28-44(45)47(38)46(36)37)60-51(50,32-57-49)33-58-52(39-14-8-7-9-15-39,40-20-24-42(55-5)25-21-40)41-22-26-43(56-6)27-23-41/h7-10,12-29,34-35,48-50H,11,31-33H2,1-6H3/t48-,49+,50-,51+,62?/m0/s1. The smallest absolute Gasteiger partial charge is 0.259 e. The van der Waals surface area contributed by atoms with Gasteiger partial charge < -0.3 is 32.7 Å². The topological polar surface area (TPSA) is 91.6 Å². The fourth-order valence-corrected chi connectivity index (χ4v) is 11.4. The number of benzene rings is 7. The third kappa shape index (κ3) is 7.38. The van der Waals surface area contributed by atoms with Crippen LogP contribution in [0.15, 0.2) is 133 Å². The molecule has 2 fully saturated rings. The molecule has 9 rings (SSSR count). The summed E-state index contributed by atoms with van der Waals surface area (Å²) in [6.07, 6.45) is -1.33. The first-order valence-corrected chi connectivity index (χ1v) is 22.5. The van der Waals surface area contributed by atoms with Crippen LogP contribution in [0.4, 0.5) is 0 Å². The van der Waals surface area contributed by atoms with Crippen LogP contribution < -0.4 is 9.47 Å². The average Bonchev–Trinajstić information content (AvgIpc) is 3.79. The van der Waals surface area contributed by atoms with Gasteiger partial charge in [0.2, 0.25) is 0 Å². The molecule has 9 nitrogen and oxygen atoms in total. The first-order chi connectivity index (χ1) is 30.2. The van der Waals surface area contributed by atoms with Crippen LogP contribution >= 0.6 is 8.53 Å². The summed E-state index contributed by atoms with van der Waals surface area (Å²) in [4.78, 5) is 0. The summed E-state index contributed by atoms with van der Waals surface area (Å²) in [6, 6.07) is 48.5. The number of nitriles is 1. The lowest BCUT2D eigenvalue weighted by molar-refractivity contribution is -0.183. The van der Waals surface area contributed by atoms with Crippen LogP contribution in [0.2, 0.25) is 0 Å². The number of hydrogen-bond donors (Lipinski definition) is 0. The molecule has 0 aliphatic carbocycles. The van der Waals surface area contributed by atoms with Crippen LogP contribution in [-0.2, 0) is 28.9 Å². The van der Waals surface area contributed by atoms with E-state index in [4.69, 9.17) is 32.7 Å². The summed E-state index contributed by atoms with van der Waals surface area (Å²) in [5.41, 5.74) is 1.61. The predicted molar refractivity (Wildman–Crippen MR) is 245 cm³/mol. The van der Waals surface area contributed by atoms with E-state index in [2.05, 4.69) is 129 Å². The molecule has 7 aromatic carbocycles. The van der Waals surface area contributed by atoms with Crippen molar-refractivity contribution in [2.45, 2.75) is 75.7 Å². The maximum Gasteiger partial charge on any atom is 0.259 e. The number of hydrogen-bond acceptors (Lipinski definition) is 9. The first kappa shape index (κ1) is 42.2. The molecule has 7 aromatic rings. The summed E-state index contributed by atoms with van der Waals surface area (Å²) >= 11 is 0. The van der Waals surface area contributed by atoms with Crippen molar-refractivity contribution in [3.63, 3.8) is 0 Å². The van der Waals surface area contributed by atoms with Crippen LogP contribution in [0.3, 0.4) is 0 Å².